The first-order chi connectivity index (χ1) is 13.4. The van der Waals surface area contributed by atoms with Crippen LogP contribution in [-0.2, 0) is 22.6 Å². The molecule has 0 aromatic heterocycles. The Hall–Kier alpha value is -2.06. The van der Waals surface area contributed by atoms with Crippen LogP contribution < -0.4 is 9.88 Å². The molecule has 0 saturated heterocycles. The topological polar surface area (TPSA) is 69.4 Å². The van der Waals surface area contributed by atoms with Gasteiger partial charge < -0.3 is 4.74 Å². The molecule has 29 heavy (non-hydrogen) atoms. The zero-order valence-corrected chi connectivity index (χ0v) is 17.3. The second kappa shape index (κ2) is 7.32. The largest absolute Gasteiger partial charge is 0.496 e. The molecule has 0 aliphatic heterocycles. The lowest BCUT2D eigenvalue weighted by atomic mass is 10.00. The number of hydrogen-bond donors (Lipinski definition) is 1. The van der Waals surface area contributed by atoms with E-state index in [9.17, 15) is 21.6 Å². The molecule has 0 amide bonds. The molecule has 4 nitrogen and oxygen atoms in total. The van der Waals surface area contributed by atoms with Crippen LogP contribution in [-0.4, -0.2) is 15.5 Å². The minimum absolute atomic E-state index is 0.0298. The highest BCUT2D eigenvalue weighted by Crippen LogP contribution is 2.66. The molecule has 0 radical (unpaired) electrons. The Labute approximate surface area is 168 Å². The summed E-state index contributed by atoms with van der Waals surface area (Å²) in [5.41, 5.74) is 0.827. The van der Waals surface area contributed by atoms with Crippen molar-refractivity contribution in [3.05, 3.63) is 59.2 Å². The Balaban J connectivity index is 1.76. The van der Waals surface area contributed by atoms with Gasteiger partial charge in [-0.25, -0.2) is 13.6 Å². The Morgan fingerprint density at radius 3 is 2.24 bits per heavy atom. The third-order valence-electron chi connectivity index (χ3n) is 5.95. The fourth-order valence-electron chi connectivity index (χ4n) is 4.27. The number of halogens is 3. The summed E-state index contributed by atoms with van der Waals surface area (Å²) in [6.45, 7) is 4.22. The maximum Gasteiger partial charge on any atom is 0.416 e. The molecule has 2 N–H and O–H groups in total. The quantitative estimate of drug-likeness (QED) is 0.724. The average Bonchev–Trinajstić information content (AvgIpc) is 3.18. The molecule has 0 unspecified atom stereocenters. The Morgan fingerprint density at radius 1 is 1.10 bits per heavy atom. The smallest absolute Gasteiger partial charge is 0.416 e. The maximum atomic E-state index is 13.0. The van der Waals surface area contributed by atoms with Gasteiger partial charge in [0, 0.05) is 0 Å². The summed E-state index contributed by atoms with van der Waals surface area (Å²) in [6, 6.07) is 10.1. The SMILES string of the molecule is COc1ccc(C(F)(F)F)cc1CC[C@@H]1[C@@H](c2ccc(S(N)(=O)=O)cc2)C1(C)C. The van der Waals surface area contributed by atoms with Crippen molar-refractivity contribution in [2.45, 2.75) is 43.7 Å². The summed E-state index contributed by atoms with van der Waals surface area (Å²) in [6.07, 6.45) is -3.23. The Kier molecular flexibility index (Phi) is 5.47. The first-order valence-corrected chi connectivity index (χ1v) is 10.8. The van der Waals surface area contributed by atoms with E-state index in [1.807, 2.05) is 0 Å². The van der Waals surface area contributed by atoms with E-state index < -0.39 is 21.8 Å². The summed E-state index contributed by atoms with van der Waals surface area (Å²) >= 11 is 0. The number of methoxy groups -OCH3 is 1. The minimum Gasteiger partial charge on any atom is -0.496 e. The van der Waals surface area contributed by atoms with E-state index in [2.05, 4.69) is 13.8 Å². The van der Waals surface area contributed by atoms with Crippen molar-refractivity contribution in [1.82, 2.24) is 0 Å². The fourth-order valence-corrected chi connectivity index (χ4v) is 4.79. The van der Waals surface area contributed by atoms with Crippen LogP contribution in [0.2, 0.25) is 0 Å². The van der Waals surface area contributed by atoms with Gasteiger partial charge in [0.1, 0.15) is 5.75 Å². The third-order valence-corrected chi connectivity index (χ3v) is 6.88. The van der Waals surface area contributed by atoms with E-state index in [0.717, 1.165) is 17.7 Å². The lowest BCUT2D eigenvalue weighted by molar-refractivity contribution is -0.137. The molecule has 1 aliphatic rings. The van der Waals surface area contributed by atoms with Crippen molar-refractivity contribution in [3.63, 3.8) is 0 Å². The maximum absolute atomic E-state index is 13.0. The monoisotopic (exact) mass is 427 g/mol. The number of hydrogen-bond acceptors (Lipinski definition) is 3. The first-order valence-electron chi connectivity index (χ1n) is 9.22. The molecule has 2 aromatic carbocycles. The Bertz CT molecular complexity index is 999. The van der Waals surface area contributed by atoms with Crippen molar-refractivity contribution in [1.29, 1.82) is 0 Å². The molecular formula is C21H24F3NO3S. The lowest BCUT2D eigenvalue weighted by Crippen LogP contribution is -2.11. The van der Waals surface area contributed by atoms with Crippen LogP contribution in [0.4, 0.5) is 13.2 Å². The van der Waals surface area contributed by atoms with Gasteiger partial charge in [0.15, 0.2) is 0 Å². The number of aryl methyl sites for hydroxylation is 1. The molecule has 1 saturated carbocycles. The van der Waals surface area contributed by atoms with Crippen LogP contribution in [0, 0.1) is 11.3 Å². The van der Waals surface area contributed by atoms with E-state index in [1.54, 1.807) is 12.1 Å². The fraction of sp³-hybridized carbons (Fsp3) is 0.429. The molecule has 0 spiro atoms. The van der Waals surface area contributed by atoms with Crippen LogP contribution in [0.3, 0.4) is 0 Å². The van der Waals surface area contributed by atoms with Gasteiger partial charge in [-0.2, -0.15) is 13.2 Å². The third kappa shape index (κ3) is 4.43. The molecule has 1 fully saturated rings. The summed E-state index contributed by atoms with van der Waals surface area (Å²) < 4.78 is 67.2. The average molecular weight is 427 g/mol. The van der Waals surface area contributed by atoms with Gasteiger partial charge in [-0.05, 0) is 71.6 Å². The molecule has 0 heterocycles. The van der Waals surface area contributed by atoms with Crippen molar-refractivity contribution in [3.8, 4) is 5.75 Å². The molecule has 3 rings (SSSR count). The Morgan fingerprint density at radius 2 is 1.72 bits per heavy atom. The summed E-state index contributed by atoms with van der Waals surface area (Å²) in [4.78, 5) is 0.0601. The number of ether oxygens (including phenoxy) is 1. The molecule has 0 bridgehead atoms. The zero-order chi connectivity index (χ0) is 21.6. The van der Waals surface area contributed by atoms with E-state index in [-0.39, 0.29) is 22.1 Å². The minimum atomic E-state index is -4.40. The number of sulfonamides is 1. The van der Waals surface area contributed by atoms with Gasteiger partial charge in [0.2, 0.25) is 10.0 Å². The highest BCUT2D eigenvalue weighted by Gasteiger charge is 2.57. The predicted octanol–water partition coefficient (Wildman–Crippen LogP) is 4.73. The number of primary sulfonamides is 1. The predicted molar refractivity (Wildman–Crippen MR) is 104 cm³/mol. The summed E-state index contributed by atoms with van der Waals surface area (Å²) in [7, 11) is -2.30. The highest BCUT2D eigenvalue weighted by atomic mass is 32.2. The highest BCUT2D eigenvalue weighted by molar-refractivity contribution is 7.89. The van der Waals surface area contributed by atoms with Gasteiger partial charge in [-0.1, -0.05) is 26.0 Å². The summed E-state index contributed by atoms with van der Waals surface area (Å²) in [5.74, 6) is 0.918. The van der Waals surface area contributed by atoms with Gasteiger partial charge in [-0.15, -0.1) is 0 Å². The van der Waals surface area contributed by atoms with Crippen LogP contribution in [0.25, 0.3) is 0 Å². The van der Waals surface area contributed by atoms with Crippen LogP contribution in [0.15, 0.2) is 47.4 Å². The van der Waals surface area contributed by atoms with Gasteiger partial charge >= 0.3 is 6.18 Å². The molecule has 158 valence electrons. The van der Waals surface area contributed by atoms with Gasteiger partial charge in [0.05, 0.1) is 17.6 Å². The van der Waals surface area contributed by atoms with Crippen molar-refractivity contribution in [2.24, 2.45) is 16.5 Å². The zero-order valence-electron chi connectivity index (χ0n) is 16.5. The second-order valence-electron chi connectivity index (χ2n) is 8.08. The van der Waals surface area contributed by atoms with Crippen LogP contribution in [0.5, 0.6) is 5.75 Å². The van der Waals surface area contributed by atoms with Crippen molar-refractivity contribution < 1.29 is 26.3 Å². The van der Waals surface area contributed by atoms with Crippen molar-refractivity contribution in [2.75, 3.05) is 7.11 Å². The van der Waals surface area contributed by atoms with Gasteiger partial charge in [-0.3, -0.25) is 0 Å². The van der Waals surface area contributed by atoms with E-state index in [0.29, 0.717) is 24.2 Å². The lowest BCUT2D eigenvalue weighted by Gasteiger charge is -2.13. The second-order valence-corrected chi connectivity index (χ2v) is 9.64. The molecule has 1 aliphatic carbocycles. The first kappa shape index (κ1) is 21.6. The number of nitrogens with two attached hydrogens (primary N) is 1. The molecular weight excluding hydrogens is 403 g/mol. The number of alkyl halides is 3. The molecule has 8 heteroatoms. The van der Waals surface area contributed by atoms with Crippen LogP contribution in [0.1, 0.15) is 42.9 Å². The summed E-state index contributed by atoms with van der Waals surface area (Å²) in [5, 5.41) is 5.14. The van der Waals surface area contributed by atoms with E-state index >= 15 is 0 Å². The normalized spacial score (nSPS) is 21.1. The van der Waals surface area contributed by atoms with E-state index in [1.165, 1.54) is 25.3 Å². The van der Waals surface area contributed by atoms with Crippen molar-refractivity contribution >= 4 is 10.0 Å². The van der Waals surface area contributed by atoms with Gasteiger partial charge in [0.25, 0.3) is 0 Å². The molecule has 2 aromatic rings. The molecule has 2 atom stereocenters. The standard InChI is InChI=1S/C21H24F3NO3S/c1-20(2)17(19(20)13-4-8-16(9-5-13)29(25,26)27)10-6-14-12-15(21(22,23)24)7-11-18(14)28-3/h4-5,7-9,11-12,17,19H,6,10H2,1-3H3,(H2,25,26,27)/t17-,19-/m1/s1. The van der Waals surface area contributed by atoms with Crippen LogP contribution >= 0.6 is 0 Å². The number of rotatable bonds is 6. The van der Waals surface area contributed by atoms with E-state index in [4.69, 9.17) is 9.88 Å². The number of benzene rings is 2.